The molecule has 3 heteroatoms. The lowest BCUT2D eigenvalue weighted by atomic mass is 9.90. The van der Waals surface area contributed by atoms with Gasteiger partial charge >= 0.3 is 0 Å². The second kappa shape index (κ2) is 14.8. The maximum absolute atomic E-state index is 5.34. The Balaban J connectivity index is 1.03. The summed E-state index contributed by atoms with van der Waals surface area (Å²) in [5.41, 5.74) is 12.5. The normalized spacial score (nSPS) is 11.5. The van der Waals surface area contributed by atoms with E-state index in [1.165, 1.54) is 26.9 Å². The minimum Gasteiger partial charge on any atom is -0.248 e. The van der Waals surface area contributed by atoms with Crippen molar-refractivity contribution in [2.24, 2.45) is 0 Å². The fourth-order valence-corrected chi connectivity index (χ4v) is 9.16. The summed E-state index contributed by atoms with van der Waals surface area (Å²) in [6.45, 7) is 0. The van der Waals surface area contributed by atoms with Gasteiger partial charge in [-0.3, -0.25) is 0 Å². The van der Waals surface area contributed by atoms with E-state index < -0.39 is 0 Å². The van der Waals surface area contributed by atoms with Crippen molar-refractivity contribution in [2.45, 2.75) is 0 Å². The average molecular weight is 788 g/mol. The third-order valence-electron chi connectivity index (χ3n) is 12.2. The number of hydrogen-bond donors (Lipinski definition) is 0. The number of pyridine rings is 1. The number of aromatic nitrogens is 3. The molecule has 0 aliphatic heterocycles. The minimum atomic E-state index is 0.698. The molecule has 0 N–H and O–H groups in total. The summed E-state index contributed by atoms with van der Waals surface area (Å²) in [4.78, 5) is 15.8. The van der Waals surface area contributed by atoms with Gasteiger partial charge in [-0.05, 0) is 102 Å². The van der Waals surface area contributed by atoms with Crippen LogP contribution in [-0.2, 0) is 0 Å². The Morgan fingerprint density at radius 3 is 1.53 bits per heavy atom. The van der Waals surface area contributed by atoms with Gasteiger partial charge in [0.25, 0.3) is 0 Å². The quantitative estimate of drug-likeness (QED) is 0.158. The molecule has 2 aromatic heterocycles. The molecular formula is C59H37N3. The van der Waals surface area contributed by atoms with E-state index in [-0.39, 0.29) is 0 Å². The Labute approximate surface area is 359 Å². The van der Waals surface area contributed by atoms with Crippen molar-refractivity contribution < 1.29 is 0 Å². The zero-order valence-electron chi connectivity index (χ0n) is 33.7. The molecule has 0 amide bonds. The summed E-state index contributed by atoms with van der Waals surface area (Å²) in [6, 6.07) is 80.1. The maximum atomic E-state index is 5.34. The monoisotopic (exact) mass is 787 g/mol. The fourth-order valence-electron chi connectivity index (χ4n) is 9.16. The van der Waals surface area contributed by atoms with Gasteiger partial charge in [-0.15, -0.1) is 0 Å². The molecule has 12 aromatic rings. The molecule has 62 heavy (non-hydrogen) atoms. The summed E-state index contributed by atoms with van der Waals surface area (Å²) in [5.74, 6) is 0.698. The van der Waals surface area contributed by atoms with Gasteiger partial charge in [0, 0.05) is 27.6 Å². The maximum Gasteiger partial charge on any atom is 0.160 e. The number of benzene rings is 10. The van der Waals surface area contributed by atoms with Crippen molar-refractivity contribution in [1.82, 2.24) is 15.0 Å². The number of rotatable bonds is 6. The molecule has 10 aromatic carbocycles. The van der Waals surface area contributed by atoms with Gasteiger partial charge in [-0.1, -0.05) is 188 Å². The Bertz CT molecular complexity index is 3600. The molecule has 0 saturated heterocycles. The highest BCUT2D eigenvalue weighted by atomic mass is 14.9. The summed E-state index contributed by atoms with van der Waals surface area (Å²) in [5, 5.41) is 10.6. The van der Waals surface area contributed by atoms with E-state index in [2.05, 4.69) is 224 Å². The highest BCUT2D eigenvalue weighted by Gasteiger charge is 2.18. The van der Waals surface area contributed by atoms with E-state index >= 15 is 0 Å². The van der Waals surface area contributed by atoms with Gasteiger partial charge in [0.15, 0.2) is 5.82 Å². The van der Waals surface area contributed by atoms with Crippen LogP contribution >= 0.6 is 0 Å². The third-order valence-corrected chi connectivity index (χ3v) is 12.2. The van der Waals surface area contributed by atoms with Gasteiger partial charge in [0.2, 0.25) is 0 Å². The molecule has 0 aliphatic rings. The van der Waals surface area contributed by atoms with Crippen LogP contribution in [0.3, 0.4) is 0 Å². The van der Waals surface area contributed by atoms with Crippen LogP contribution in [0.15, 0.2) is 224 Å². The summed E-state index contributed by atoms with van der Waals surface area (Å²) in [6.07, 6.45) is 0. The lowest BCUT2D eigenvalue weighted by molar-refractivity contribution is 1.19. The van der Waals surface area contributed by atoms with Crippen LogP contribution < -0.4 is 0 Å². The molecule has 0 spiro atoms. The lowest BCUT2D eigenvalue weighted by Gasteiger charge is -2.16. The van der Waals surface area contributed by atoms with E-state index in [1.54, 1.807) is 0 Å². The molecule has 0 saturated carbocycles. The van der Waals surface area contributed by atoms with E-state index in [9.17, 15) is 0 Å². The van der Waals surface area contributed by atoms with Crippen LogP contribution in [0.5, 0.6) is 0 Å². The molecule has 288 valence electrons. The Kier molecular flexibility index (Phi) is 8.50. The highest BCUT2D eigenvalue weighted by molar-refractivity contribution is 6.14. The molecule has 0 bridgehead atoms. The van der Waals surface area contributed by atoms with Gasteiger partial charge in [-0.25, -0.2) is 15.0 Å². The van der Waals surface area contributed by atoms with Gasteiger partial charge in [0.1, 0.15) is 0 Å². The smallest absolute Gasteiger partial charge is 0.160 e. The van der Waals surface area contributed by atoms with Crippen molar-refractivity contribution in [3.05, 3.63) is 224 Å². The Hall–Kier alpha value is -8.27. The molecule has 0 aliphatic carbocycles. The van der Waals surface area contributed by atoms with E-state index in [0.29, 0.717) is 5.82 Å². The lowest BCUT2D eigenvalue weighted by Crippen LogP contribution is -1.97. The van der Waals surface area contributed by atoms with E-state index in [0.717, 1.165) is 88.7 Å². The van der Waals surface area contributed by atoms with Gasteiger partial charge < -0.3 is 0 Å². The predicted molar refractivity (Wildman–Crippen MR) is 260 cm³/mol. The van der Waals surface area contributed by atoms with Crippen molar-refractivity contribution in [2.75, 3.05) is 0 Å². The highest BCUT2D eigenvalue weighted by Crippen LogP contribution is 2.41. The van der Waals surface area contributed by atoms with Crippen molar-refractivity contribution in [1.29, 1.82) is 0 Å². The Morgan fingerprint density at radius 1 is 0.242 bits per heavy atom. The summed E-state index contributed by atoms with van der Waals surface area (Å²) < 4.78 is 0. The van der Waals surface area contributed by atoms with Crippen LogP contribution in [0.1, 0.15) is 0 Å². The molecule has 2 heterocycles. The van der Waals surface area contributed by atoms with Crippen LogP contribution in [0.25, 0.3) is 121 Å². The first kappa shape index (κ1) is 35.7. The van der Waals surface area contributed by atoms with Gasteiger partial charge in [0.05, 0.1) is 22.6 Å². The van der Waals surface area contributed by atoms with Crippen molar-refractivity contribution in [3.8, 4) is 67.4 Å². The topological polar surface area (TPSA) is 38.7 Å². The standard InChI is InChI=1S/C59H37N3/c1-2-16-41(17-3-1)55-36-53(58-49-22-9-8-15-40(49)29-32-54(58)60-55)45-21-12-20-44(35-45)48-30-31-52(51-24-11-10-23-50(48)51)57-37-56(46-27-25-38-13-4-6-18-42(38)33-46)61-59(62-57)47-28-26-39-14-5-7-19-43(39)34-47/h1-37H. The molecule has 0 radical (unpaired) electrons. The average Bonchev–Trinajstić information content (AvgIpc) is 3.35. The second-order valence-corrected chi connectivity index (χ2v) is 16.0. The molecule has 3 nitrogen and oxygen atoms in total. The van der Waals surface area contributed by atoms with Crippen molar-refractivity contribution >= 4 is 54.0 Å². The molecule has 0 fully saturated rings. The fraction of sp³-hybridized carbons (Fsp3) is 0. The van der Waals surface area contributed by atoms with Gasteiger partial charge in [-0.2, -0.15) is 0 Å². The predicted octanol–water partition coefficient (Wildman–Crippen LogP) is 15.6. The third kappa shape index (κ3) is 6.27. The number of hydrogen-bond acceptors (Lipinski definition) is 3. The van der Waals surface area contributed by atoms with Crippen LogP contribution in [0.2, 0.25) is 0 Å². The molecule has 0 atom stereocenters. The molecule has 0 unspecified atom stereocenters. The van der Waals surface area contributed by atoms with Crippen LogP contribution in [0, 0.1) is 0 Å². The first-order valence-corrected chi connectivity index (χ1v) is 21.1. The number of nitrogens with zero attached hydrogens (tertiary/aromatic N) is 3. The zero-order chi connectivity index (χ0) is 41.0. The zero-order valence-corrected chi connectivity index (χ0v) is 33.7. The Morgan fingerprint density at radius 2 is 0.774 bits per heavy atom. The van der Waals surface area contributed by atoms with Crippen molar-refractivity contribution in [3.63, 3.8) is 0 Å². The first-order chi connectivity index (χ1) is 30.7. The molecular weight excluding hydrogens is 751 g/mol. The largest absolute Gasteiger partial charge is 0.248 e. The minimum absolute atomic E-state index is 0.698. The number of fused-ring (bicyclic) bond motifs is 6. The summed E-state index contributed by atoms with van der Waals surface area (Å²) >= 11 is 0. The van der Waals surface area contributed by atoms with Crippen LogP contribution in [-0.4, -0.2) is 15.0 Å². The summed E-state index contributed by atoms with van der Waals surface area (Å²) in [7, 11) is 0. The second-order valence-electron chi connectivity index (χ2n) is 16.0. The van der Waals surface area contributed by atoms with E-state index in [4.69, 9.17) is 15.0 Å². The first-order valence-electron chi connectivity index (χ1n) is 21.1. The van der Waals surface area contributed by atoms with Crippen LogP contribution in [0.4, 0.5) is 0 Å². The SMILES string of the molecule is c1ccc(-c2cc(-c3cccc(-c4ccc(-c5cc(-c6ccc7ccccc7c6)nc(-c6ccc7ccccc7c6)n5)c5ccccc45)c3)c3c(ccc4ccccc43)n2)cc1. The van der Waals surface area contributed by atoms with E-state index in [1.807, 2.05) is 0 Å². The molecule has 12 rings (SSSR count).